The fourth-order valence-electron chi connectivity index (χ4n) is 4.28. The molecule has 6 heteroatoms. The third-order valence-corrected chi connectivity index (χ3v) is 5.33. The maximum atomic E-state index is 12.5. The van der Waals surface area contributed by atoms with Crippen molar-refractivity contribution in [2.75, 3.05) is 6.61 Å². The molecule has 0 unspecified atom stereocenters. The average Bonchev–Trinajstić information content (AvgIpc) is 3.00. The molecule has 0 spiro atoms. The quantitative estimate of drug-likeness (QED) is 0.859. The van der Waals surface area contributed by atoms with Gasteiger partial charge in [0.1, 0.15) is 0 Å². The molecule has 1 aromatic heterocycles. The number of aromatic amines is 1. The molecule has 1 heterocycles. The highest BCUT2D eigenvalue weighted by Crippen LogP contribution is 2.58. The molecule has 1 aromatic rings. The second-order valence-corrected chi connectivity index (χ2v) is 6.54. The van der Waals surface area contributed by atoms with Crippen molar-refractivity contribution in [3.05, 3.63) is 32.6 Å². The van der Waals surface area contributed by atoms with Gasteiger partial charge in [0, 0.05) is 17.8 Å². The van der Waals surface area contributed by atoms with Gasteiger partial charge in [0.05, 0.1) is 12.0 Å². The van der Waals surface area contributed by atoms with Gasteiger partial charge in [0.25, 0.3) is 5.56 Å². The van der Waals surface area contributed by atoms with Crippen molar-refractivity contribution in [2.45, 2.75) is 52.0 Å². The molecule has 0 saturated heterocycles. The molecule has 22 heavy (non-hydrogen) atoms. The standard InChI is InChI=1S/C16H22N2O4/c1-3-22-14(20)16-6-4-5-11(16)7-12(8-16)18-9-10(2)13(19)17-15(18)21/h9,11-12H,3-8H2,1-2H3,(H,17,19,21)/t11-,12-,16-/m0/s1. The van der Waals surface area contributed by atoms with Gasteiger partial charge >= 0.3 is 11.7 Å². The SMILES string of the molecule is CCOC(=O)[C@]12CCC[C@H]1C[C@H](n1cc(C)c(=O)[nH]c1=O)C2. The molecular weight excluding hydrogens is 284 g/mol. The number of nitrogens with zero attached hydrogens (tertiary/aromatic N) is 1. The summed E-state index contributed by atoms with van der Waals surface area (Å²) >= 11 is 0. The minimum absolute atomic E-state index is 0.0437. The van der Waals surface area contributed by atoms with Gasteiger partial charge in [-0.25, -0.2) is 4.79 Å². The Balaban J connectivity index is 1.94. The van der Waals surface area contributed by atoms with Crippen LogP contribution in [0.2, 0.25) is 0 Å². The maximum absolute atomic E-state index is 12.5. The highest BCUT2D eigenvalue weighted by Gasteiger charge is 2.56. The molecule has 0 aliphatic heterocycles. The molecule has 2 saturated carbocycles. The van der Waals surface area contributed by atoms with Gasteiger partial charge in [0.2, 0.25) is 0 Å². The van der Waals surface area contributed by atoms with Crippen LogP contribution in [0.25, 0.3) is 0 Å². The fourth-order valence-corrected chi connectivity index (χ4v) is 4.28. The first-order valence-electron chi connectivity index (χ1n) is 7.97. The Morgan fingerprint density at radius 3 is 3.00 bits per heavy atom. The monoisotopic (exact) mass is 306 g/mol. The third-order valence-electron chi connectivity index (χ3n) is 5.33. The zero-order valence-electron chi connectivity index (χ0n) is 13.1. The van der Waals surface area contributed by atoms with Gasteiger partial charge < -0.3 is 4.74 Å². The number of hydrogen-bond donors (Lipinski definition) is 1. The van der Waals surface area contributed by atoms with Crippen LogP contribution in [-0.2, 0) is 9.53 Å². The first-order valence-corrected chi connectivity index (χ1v) is 7.97. The van der Waals surface area contributed by atoms with Gasteiger partial charge in [-0.1, -0.05) is 6.42 Å². The van der Waals surface area contributed by atoms with E-state index in [9.17, 15) is 14.4 Å². The number of fused-ring (bicyclic) bond motifs is 1. The number of hydrogen-bond acceptors (Lipinski definition) is 4. The molecule has 3 atom stereocenters. The zero-order valence-corrected chi connectivity index (χ0v) is 13.1. The predicted molar refractivity (Wildman–Crippen MR) is 80.7 cm³/mol. The van der Waals surface area contributed by atoms with Crippen molar-refractivity contribution in [1.29, 1.82) is 0 Å². The van der Waals surface area contributed by atoms with Crippen molar-refractivity contribution in [3.63, 3.8) is 0 Å². The first kappa shape index (κ1) is 15.1. The van der Waals surface area contributed by atoms with Crippen LogP contribution in [0.1, 0.15) is 50.6 Å². The van der Waals surface area contributed by atoms with E-state index in [4.69, 9.17) is 4.74 Å². The van der Waals surface area contributed by atoms with Crippen LogP contribution in [0.5, 0.6) is 0 Å². The van der Waals surface area contributed by atoms with Gasteiger partial charge in [0.15, 0.2) is 0 Å². The third kappa shape index (κ3) is 2.21. The molecule has 1 N–H and O–H groups in total. The van der Waals surface area contributed by atoms with Crippen molar-refractivity contribution in [2.24, 2.45) is 11.3 Å². The summed E-state index contributed by atoms with van der Waals surface area (Å²) < 4.78 is 6.90. The van der Waals surface area contributed by atoms with Crippen LogP contribution in [-0.4, -0.2) is 22.1 Å². The van der Waals surface area contributed by atoms with Crippen molar-refractivity contribution in [3.8, 4) is 0 Å². The van der Waals surface area contributed by atoms with Crippen molar-refractivity contribution in [1.82, 2.24) is 9.55 Å². The minimum atomic E-state index is -0.440. The van der Waals surface area contributed by atoms with E-state index in [0.29, 0.717) is 18.6 Å². The molecule has 120 valence electrons. The maximum Gasteiger partial charge on any atom is 0.328 e. The lowest BCUT2D eigenvalue weighted by atomic mass is 9.80. The molecular formula is C16H22N2O4. The summed E-state index contributed by atoms with van der Waals surface area (Å²) in [7, 11) is 0. The second-order valence-electron chi connectivity index (χ2n) is 6.54. The second kappa shape index (κ2) is 5.41. The van der Waals surface area contributed by atoms with Gasteiger partial charge in [-0.15, -0.1) is 0 Å². The Bertz CT molecular complexity index is 705. The summed E-state index contributed by atoms with van der Waals surface area (Å²) in [6.07, 6.45) is 5.92. The van der Waals surface area contributed by atoms with Crippen molar-refractivity contribution < 1.29 is 9.53 Å². The number of H-pyrrole nitrogens is 1. The largest absolute Gasteiger partial charge is 0.466 e. The number of esters is 1. The van der Waals surface area contributed by atoms with E-state index in [1.807, 2.05) is 6.92 Å². The van der Waals surface area contributed by atoms with Crippen LogP contribution >= 0.6 is 0 Å². The van der Waals surface area contributed by atoms with Crippen LogP contribution in [0.3, 0.4) is 0 Å². The molecule has 0 aromatic carbocycles. The Labute approximate surface area is 128 Å². The average molecular weight is 306 g/mol. The lowest BCUT2D eigenvalue weighted by Gasteiger charge is -2.26. The highest BCUT2D eigenvalue weighted by atomic mass is 16.5. The molecule has 3 rings (SSSR count). The molecule has 0 amide bonds. The summed E-state index contributed by atoms with van der Waals surface area (Å²) in [5.41, 5.74) is -0.662. The Morgan fingerprint density at radius 2 is 2.27 bits per heavy atom. The summed E-state index contributed by atoms with van der Waals surface area (Å²) in [6.45, 7) is 3.89. The number of aryl methyl sites for hydroxylation is 1. The van der Waals surface area contributed by atoms with Gasteiger partial charge in [-0.2, -0.15) is 0 Å². The van der Waals surface area contributed by atoms with E-state index in [1.165, 1.54) is 0 Å². The van der Waals surface area contributed by atoms with E-state index < -0.39 is 5.41 Å². The molecule has 2 aliphatic carbocycles. The summed E-state index contributed by atoms with van der Waals surface area (Å²) in [4.78, 5) is 38.4. The van der Waals surface area contributed by atoms with E-state index in [0.717, 1.165) is 25.7 Å². The fraction of sp³-hybridized carbons (Fsp3) is 0.688. The van der Waals surface area contributed by atoms with E-state index >= 15 is 0 Å². The molecule has 0 bridgehead atoms. The van der Waals surface area contributed by atoms with E-state index in [-0.39, 0.29) is 29.2 Å². The van der Waals surface area contributed by atoms with Crippen LogP contribution in [0.4, 0.5) is 0 Å². The number of ether oxygens (including phenoxy) is 1. The normalized spacial score (nSPS) is 30.3. The number of rotatable bonds is 3. The molecule has 2 fully saturated rings. The van der Waals surface area contributed by atoms with E-state index in [1.54, 1.807) is 17.7 Å². The first-order chi connectivity index (χ1) is 10.5. The highest BCUT2D eigenvalue weighted by molar-refractivity contribution is 5.78. The Kier molecular flexibility index (Phi) is 3.70. The molecule has 0 radical (unpaired) electrons. The topological polar surface area (TPSA) is 81.2 Å². The van der Waals surface area contributed by atoms with Gasteiger partial charge in [-0.05, 0) is 45.4 Å². The number of nitrogens with one attached hydrogen (secondary N) is 1. The molecule has 2 aliphatic rings. The lowest BCUT2D eigenvalue weighted by Crippen LogP contribution is -2.35. The van der Waals surface area contributed by atoms with Gasteiger partial charge in [-0.3, -0.25) is 19.1 Å². The minimum Gasteiger partial charge on any atom is -0.466 e. The Morgan fingerprint density at radius 1 is 1.50 bits per heavy atom. The lowest BCUT2D eigenvalue weighted by molar-refractivity contribution is -0.156. The summed E-state index contributed by atoms with van der Waals surface area (Å²) in [5, 5.41) is 0. The number of carbonyl (C=O) groups is 1. The summed E-state index contributed by atoms with van der Waals surface area (Å²) in [5.74, 6) is 0.157. The number of aromatic nitrogens is 2. The van der Waals surface area contributed by atoms with Crippen molar-refractivity contribution >= 4 is 5.97 Å². The zero-order chi connectivity index (χ0) is 15.9. The van der Waals surface area contributed by atoms with Crippen LogP contribution < -0.4 is 11.2 Å². The van der Waals surface area contributed by atoms with E-state index in [2.05, 4.69) is 4.98 Å². The van der Waals surface area contributed by atoms with Crippen LogP contribution in [0.15, 0.2) is 15.8 Å². The van der Waals surface area contributed by atoms with Crippen LogP contribution in [0, 0.1) is 18.3 Å². The summed E-state index contributed by atoms with van der Waals surface area (Å²) in [6, 6.07) is -0.0437. The number of carbonyl (C=O) groups excluding carboxylic acids is 1. The Hall–Kier alpha value is -1.85. The molecule has 6 nitrogen and oxygen atoms in total. The predicted octanol–water partition coefficient (Wildman–Crippen LogP) is 1.53. The smallest absolute Gasteiger partial charge is 0.328 e.